The van der Waals surface area contributed by atoms with Gasteiger partial charge in [0.15, 0.2) is 0 Å². The number of fused-ring (bicyclic) bond motifs is 1. The zero-order valence-corrected chi connectivity index (χ0v) is 19.6. The van der Waals surface area contributed by atoms with Crippen molar-refractivity contribution in [3.63, 3.8) is 0 Å². The van der Waals surface area contributed by atoms with Crippen molar-refractivity contribution in [2.45, 2.75) is 63.8 Å². The Morgan fingerprint density at radius 3 is 2.39 bits per heavy atom. The van der Waals surface area contributed by atoms with E-state index in [2.05, 4.69) is 50.0 Å². The Bertz CT molecular complexity index is 1230. The normalized spacial score (nSPS) is 16.9. The minimum absolute atomic E-state index is 0.0515. The van der Waals surface area contributed by atoms with Gasteiger partial charge in [-0.05, 0) is 34.9 Å². The number of hydrogen-bond acceptors (Lipinski definition) is 3. The number of hydrogen-bond donors (Lipinski definition) is 1. The van der Waals surface area contributed by atoms with Gasteiger partial charge in [-0.1, -0.05) is 75.4 Å². The number of nitrogens with one attached hydrogen (secondary N) is 1. The van der Waals surface area contributed by atoms with Gasteiger partial charge in [0, 0.05) is 13.0 Å². The fourth-order valence-electron chi connectivity index (χ4n) is 4.82. The van der Waals surface area contributed by atoms with Gasteiger partial charge in [-0.3, -0.25) is 9.59 Å². The van der Waals surface area contributed by atoms with E-state index in [1.54, 1.807) is 4.90 Å². The first kappa shape index (κ1) is 21.6. The van der Waals surface area contributed by atoms with Gasteiger partial charge in [0.05, 0.1) is 29.6 Å². The smallest absolute Gasteiger partial charge is 0.256 e. The van der Waals surface area contributed by atoms with Crippen LogP contribution in [0.1, 0.15) is 67.4 Å². The Kier molecular flexibility index (Phi) is 5.23. The van der Waals surface area contributed by atoms with Gasteiger partial charge >= 0.3 is 0 Å². The minimum Gasteiger partial charge on any atom is -0.337 e. The molecule has 1 aliphatic heterocycles. The summed E-state index contributed by atoms with van der Waals surface area (Å²) in [4.78, 5) is 35.8. The summed E-state index contributed by atoms with van der Waals surface area (Å²) >= 11 is 0. The molecule has 3 aromatic rings. The fraction of sp³-hybridized carbons (Fsp3) is 0.393. The summed E-state index contributed by atoms with van der Waals surface area (Å²) < 4.78 is 0. The number of carbonyl (C=O) groups excluding carboxylic acids is 1. The second-order valence-corrected chi connectivity index (χ2v) is 10.5. The predicted molar refractivity (Wildman–Crippen MR) is 129 cm³/mol. The van der Waals surface area contributed by atoms with Gasteiger partial charge in [-0.15, -0.1) is 0 Å². The Balaban J connectivity index is 1.32. The lowest BCUT2D eigenvalue weighted by molar-refractivity contribution is -0.131. The van der Waals surface area contributed by atoms with Gasteiger partial charge in [0.2, 0.25) is 5.91 Å². The van der Waals surface area contributed by atoms with Crippen LogP contribution in [0.5, 0.6) is 0 Å². The first-order valence-electron chi connectivity index (χ1n) is 11.8. The highest BCUT2D eigenvalue weighted by atomic mass is 16.2. The molecule has 0 unspecified atom stereocenters. The molecule has 1 fully saturated rings. The highest BCUT2D eigenvalue weighted by Crippen LogP contribution is 2.51. The third-order valence-electron chi connectivity index (χ3n) is 7.13. The van der Waals surface area contributed by atoms with Crippen LogP contribution in [0.3, 0.4) is 0 Å². The van der Waals surface area contributed by atoms with Gasteiger partial charge in [-0.25, -0.2) is 4.98 Å². The molecule has 0 atom stereocenters. The molecule has 1 amide bonds. The van der Waals surface area contributed by atoms with Crippen molar-refractivity contribution in [3.8, 4) is 0 Å². The van der Waals surface area contributed by atoms with E-state index in [0.717, 1.165) is 29.9 Å². The summed E-state index contributed by atoms with van der Waals surface area (Å²) in [7, 11) is 0. The quantitative estimate of drug-likeness (QED) is 0.657. The predicted octanol–water partition coefficient (Wildman–Crippen LogP) is 4.27. The molecule has 5 heteroatoms. The molecule has 0 bridgehead atoms. The maximum absolute atomic E-state index is 13.0. The van der Waals surface area contributed by atoms with Crippen molar-refractivity contribution in [1.29, 1.82) is 0 Å². The maximum atomic E-state index is 13.0. The van der Waals surface area contributed by atoms with Crippen LogP contribution in [-0.2, 0) is 35.0 Å². The molecule has 1 aliphatic carbocycles. The molecule has 2 heterocycles. The number of aromatic amines is 1. The van der Waals surface area contributed by atoms with Gasteiger partial charge in [0.25, 0.3) is 5.56 Å². The van der Waals surface area contributed by atoms with E-state index in [1.807, 2.05) is 30.3 Å². The SMILES string of the molecule is CC(C)(C)c1ccc(CC(=O)N2CCc3nc(C4(c5ccccc5)CC4)[nH]c(=O)c3C2)cc1. The van der Waals surface area contributed by atoms with E-state index in [0.29, 0.717) is 31.5 Å². The van der Waals surface area contributed by atoms with E-state index in [4.69, 9.17) is 4.98 Å². The molecule has 1 aromatic heterocycles. The van der Waals surface area contributed by atoms with E-state index in [1.165, 1.54) is 11.1 Å². The lowest BCUT2D eigenvalue weighted by Crippen LogP contribution is -2.41. The molecule has 2 aliphatic rings. The fourth-order valence-corrected chi connectivity index (χ4v) is 4.82. The van der Waals surface area contributed by atoms with Crippen molar-refractivity contribution < 1.29 is 4.79 Å². The average Bonchev–Trinajstić information content (AvgIpc) is 3.61. The average molecular weight is 442 g/mol. The standard InChI is InChI=1S/C28H31N3O2/c1-27(2,3)20-11-9-19(10-12-20)17-24(32)31-16-13-23-22(18-31)25(33)30-26(29-23)28(14-15-28)21-7-5-4-6-8-21/h4-12H,13-18H2,1-3H3,(H,29,30,33). The van der Waals surface area contributed by atoms with E-state index < -0.39 is 0 Å². The van der Waals surface area contributed by atoms with Crippen molar-refractivity contribution in [3.05, 3.63) is 98.7 Å². The lowest BCUT2D eigenvalue weighted by atomic mass is 9.86. The number of nitrogens with zero attached hydrogens (tertiary/aromatic N) is 2. The molecule has 0 saturated heterocycles. The number of aromatic nitrogens is 2. The van der Waals surface area contributed by atoms with Crippen LogP contribution in [0.25, 0.3) is 0 Å². The summed E-state index contributed by atoms with van der Waals surface area (Å²) in [6.07, 6.45) is 2.96. The van der Waals surface area contributed by atoms with Gasteiger partial charge in [0.1, 0.15) is 5.82 Å². The molecule has 5 rings (SSSR count). The van der Waals surface area contributed by atoms with E-state index in [9.17, 15) is 9.59 Å². The summed E-state index contributed by atoms with van der Waals surface area (Å²) in [6, 6.07) is 18.6. The van der Waals surface area contributed by atoms with Crippen LogP contribution < -0.4 is 5.56 Å². The van der Waals surface area contributed by atoms with E-state index >= 15 is 0 Å². The van der Waals surface area contributed by atoms with Crippen molar-refractivity contribution >= 4 is 5.91 Å². The monoisotopic (exact) mass is 441 g/mol. The number of H-pyrrole nitrogens is 1. The molecular formula is C28H31N3O2. The molecule has 33 heavy (non-hydrogen) atoms. The van der Waals surface area contributed by atoms with Crippen LogP contribution in [0, 0.1) is 0 Å². The topological polar surface area (TPSA) is 66.1 Å². The summed E-state index contributed by atoms with van der Waals surface area (Å²) in [5, 5.41) is 0. The Hall–Kier alpha value is -3.21. The van der Waals surface area contributed by atoms with Gasteiger partial charge in [-0.2, -0.15) is 0 Å². The second-order valence-electron chi connectivity index (χ2n) is 10.5. The largest absolute Gasteiger partial charge is 0.337 e. The Morgan fingerprint density at radius 1 is 1.06 bits per heavy atom. The van der Waals surface area contributed by atoms with Gasteiger partial charge < -0.3 is 9.88 Å². The Labute approximate surface area is 194 Å². The minimum atomic E-state index is -0.165. The molecule has 1 N–H and O–H groups in total. The highest BCUT2D eigenvalue weighted by Gasteiger charge is 2.48. The lowest BCUT2D eigenvalue weighted by Gasteiger charge is -2.29. The third-order valence-corrected chi connectivity index (χ3v) is 7.13. The number of amides is 1. The first-order valence-corrected chi connectivity index (χ1v) is 11.8. The molecule has 1 saturated carbocycles. The van der Waals surface area contributed by atoms with Crippen molar-refractivity contribution in [2.24, 2.45) is 0 Å². The zero-order valence-electron chi connectivity index (χ0n) is 19.6. The molecular weight excluding hydrogens is 410 g/mol. The summed E-state index contributed by atoms with van der Waals surface area (Å²) in [6.45, 7) is 7.47. The summed E-state index contributed by atoms with van der Waals surface area (Å²) in [5.74, 6) is 0.826. The molecule has 5 nitrogen and oxygen atoms in total. The van der Waals surface area contributed by atoms with Crippen LogP contribution in [-0.4, -0.2) is 27.3 Å². The maximum Gasteiger partial charge on any atom is 0.256 e. The van der Waals surface area contributed by atoms with Crippen LogP contribution in [0.4, 0.5) is 0 Å². The first-order chi connectivity index (χ1) is 15.8. The molecule has 170 valence electrons. The number of rotatable bonds is 4. The molecule has 2 aromatic carbocycles. The van der Waals surface area contributed by atoms with E-state index in [-0.39, 0.29) is 22.3 Å². The Morgan fingerprint density at radius 2 is 1.76 bits per heavy atom. The second kappa shape index (κ2) is 7.98. The van der Waals surface area contributed by atoms with Crippen molar-refractivity contribution in [2.75, 3.05) is 6.54 Å². The van der Waals surface area contributed by atoms with Crippen molar-refractivity contribution in [1.82, 2.24) is 14.9 Å². The zero-order chi connectivity index (χ0) is 23.2. The third kappa shape index (κ3) is 4.12. The number of benzene rings is 2. The van der Waals surface area contributed by atoms with Crippen LogP contribution in [0.2, 0.25) is 0 Å². The highest BCUT2D eigenvalue weighted by molar-refractivity contribution is 5.79. The van der Waals surface area contributed by atoms with Crippen LogP contribution in [0.15, 0.2) is 59.4 Å². The molecule has 0 spiro atoms. The number of carbonyl (C=O) groups is 1. The summed E-state index contributed by atoms with van der Waals surface area (Å²) in [5.41, 5.74) is 4.75. The van der Waals surface area contributed by atoms with Crippen LogP contribution >= 0.6 is 0 Å². The molecule has 0 radical (unpaired) electrons.